The summed E-state index contributed by atoms with van der Waals surface area (Å²) >= 11 is 5.71. The van der Waals surface area contributed by atoms with Crippen molar-refractivity contribution in [3.8, 4) is 11.5 Å². The smallest absolute Gasteiger partial charge is 0.319 e. The molecule has 2 aromatic rings. The summed E-state index contributed by atoms with van der Waals surface area (Å²) in [5.74, 6) is 0.573. The minimum Gasteiger partial charge on any atom is -0.486 e. The number of halogens is 2. The molecular weight excluding hydrogens is 389 g/mol. The van der Waals surface area contributed by atoms with Gasteiger partial charge < -0.3 is 25.0 Å². The van der Waals surface area contributed by atoms with Gasteiger partial charge >= 0.3 is 6.03 Å². The molecule has 1 atom stereocenters. The molecular formula is C19H17ClFN3O4. The summed E-state index contributed by atoms with van der Waals surface area (Å²) in [5.41, 5.74) is 1.04. The number of ether oxygens (including phenoxy) is 2. The van der Waals surface area contributed by atoms with Crippen molar-refractivity contribution in [3.63, 3.8) is 0 Å². The lowest BCUT2D eigenvalue weighted by Gasteiger charge is -2.22. The van der Waals surface area contributed by atoms with Crippen molar-refractivity contribution in [3.05, 3.63) is 47.2 Å². The van der Waals surface area contributed by atoms with Gasteiger partial charge in [0, 0.05) is 30.4 Å². The zero-order valence-corrected chi connectivity index (χ0v) is 15.5. The summed E-state index contributed by atoms with van der Waals surface area (Å²) < 4.78 is 24.2. The average molecular weight is 406 g/mol. The second kappa shape index (κ2) is 7.55. The number of benzene rings is 2. The monoisotopic (exact) mass is 405 g/mol. The van der Waals surface area contributed by atoms with E-state index in [4.69, 9.17) is 21.1 Å². The van der Waals surface area contributed by atoms with E-state index in [1.807, 2.05) is 0 Å². The Bertz CT molecular complexity index is 939. The molecule has 0 spiro atoms. The van der Waals surface area contributed by atoms with E-state index in [0.717, 1.165) is 0 Å². The van der Waals surface area contributed by atoms with Gasteiger partial charge in [-0.3, -0.25) is 4.79 Å². The first-order chi connectivity index (χ1) is 13.5. The Morgan fingerprint density at radius 3 is 2.71 bits per heavy atom. The zero-order chi connectivity index (χ0) is 19.7. The Morgan fingerprint density at radius 1 is 1.14 bits per heavy atom. The van der Waals surface area contributed by atoms with Gasteiger partial charge in [-0.2, -0.15) is 0 Å². The molecule has 3 amide bonds. The number of hydrogen-bond donors (Lipinski definition) is 2. The lowest BCUT2D eigenvalue weighted by Crippen LogP contribution is -2.39. The number of carbonyl (C=O) groups excluding carboxylic acids is 2. The van der Waals surface area contributed by atoms with Crippen LogP contribution in [0.15, 0.2) is 36.4 Å². The van der Waals surface area contributed by atoms with Crippen molar-refractivity contribution in [2.45, 2.75) is 12.5 Å². The van der Waals surface area contributed by atoms with Gasteiger partial charge in [0.2, 0.25) is 5.91 Å². The summed E-state index contributed by atoms with van der Waals surface area (Å²) in [6, 6.07) is 8.34. The van der Waals surface area contributed by atoms with Crippen LogP contribution in [-0.4, -0.2) is 37.7 Å². The molecule has 146 valence electrons. The number of rotatable bonds is 3. The first-order valence-electron chi connectivity index (χ1n) is 8.72. The summed E-state index contributed by atoms with van der Waals surface area (Å²) in [6.45, 7) is 1.29. The maximum atomic E-state index is 13.2. The molecule has 0 saturated carbocycles. The predicted octanol–water partition coefficient (Wildman–Crippen LogP) is 3.18. The second-order valence-electron chi connectivity index (χ2n) is 6.46. The van der Waals surface area contributed by atoms with Crippen molar-refractivity contribution < 1.29 is 23.5 Å². The van der Waals surface area contributed by atoms with Gasteiger partial charge in [0.1, 0.15) is 19.0 Å². The molecule has 9 heteroatoms. The van der Waals surface area contributed by atoms with E-state index in [-0.39, 0.29) is 23.4 Å². The first kappa shape index (κ1) is 18.4. The number of urea groups is 1. The van der Waals surface area contributed by atoms with Crippen molar-refractivity contribution in [1.29, 1.82) is 0 Å². The lowest BCUT2D eigenvalue weighted by atomic mass is 10.2. The molecule has 2 aliphatic rings. The number of fused-ring (bicyclic) bond motifs is 1. The molecule has 0 radical (unpaired) electrons. The topological polar surface area (TPSA) is 79.9 Å². The molecule has 2 aliphatic heterocycles. The number of carbonyl (C=O) groups is 2. The van der Waals surface area contributed by atoms with Gasteiger partial charge in [-0.15, -0.1) is 0 Å². The van der Waals surface area contributed by atoms with Crippen molar-refractivity contribution >= 4 is 34.9 Å². The Balaban J connectivity index is 1.39. The number of nitrogens with one attached hydrogen (secondary N) is 2. The maximum absolute atomic E-state index is 13.2. The molecule has 2 N–H and O–H groups in total. The van der Waals surface area contributed by atoms with E-state index in [9.17, 15) is 14.0 Å². The Kier molecular flexibility index (Phi) is 4.95. The van der Waals surface area contributed by atoms with E-state index in [2.05, 4.69) is 10.6 Å². The maximum Gasteiger partial charge on any atom is 0.319 e. The van der Waals surface area contributed by atoms with Gasteiger partial charge in [0.15, 0.2) is 11.5 Å². The Labute approximate surface area is 165 Å². The van der Waals surface area contributed by atoms with Crippen molar-refractivity contribution in [2.75, 3.05) is 30.0 Å². The van der Waals surface area contributed by atoms with Crippen LogP contribution in [0.4, 0.5) is 20.6 Å². The fourth-order valence-electron chi connectivity index (χ4n) is 3.18. The molecule has 4 rings (SSSR count). The van der Waals surface area contributed by atoms with Gasteiger partial charge in [-0.1, -0.05) is 11.6 Å². The Hall–Kier alpha value is -3.00. The van der Waals surface area contributed by atoms with Crippen LogP contribution in [0.3, 0.4) is 0 Å². The van der Waals surface area contributed by atoms with Crippen LogP contribution >= 0.6 is 11.6 Å². The molecule has 28 heavy (non-hydrogen) atoms. The quantitative estimate of drug-likeness (QED) is 0.822. The van der Waals surface area contributed by atoms with Gasteiger partial charge in [-0.05, 0) is 30.3 Å². The van der Waals surface area contributed by atoms with E-state index >= 15 is 0 Å². The summed E-state index contributed by atoms with van der Waals surface area (Å²) in [6.07, 6.45) is 0.173. The molecule has 0 aromatic heterocycles. The number of nitrogens with zero attached hydrogens (tertiary/aromatic N) is 1. The molecule has 7 nitrogen and oxygen atoms in total. The number of amides is 3. The lowest BCUT2D eigenvalue weighted by molar-refractivity contribution is -0.117. The number of anilines is 2. The third kappa shape index (κ3) is 3.82. The number of hydrogen-bond acceptors (Lipinski definition) is 4. The minimum atomic E-state index is -0.566. The molecule has 0 unspecified atom stereocenters. The second-order valence-corrected chi connectivity index (χ2v) is 6.87. The van der Waals surface area contributed by atoms with E-state index < -0.39 is 11.8 Å². The van der Waals surface area contributed by atoms with Gasteiger partial charge in [0.25, 0.3) is 0 Å². The standard InChI is InChI=1S/C19H17ClFN3O4/c20-14-7-11(1-3-15(14)21)22-19(26)23-12-8-18(25)24(10-12)13-2-4-16-17(9-13)28-6-5-27-16/h1-4,7,9,12H,5-6,8,10H2,(H2,22,23,26)/t12-/m1/s1. The van der Waals surface area contributed by atoms with Crippen LogP contribution in [0.25, 0.3) is 0 Å². The normalized spacial score (nSPS) is 18.1. The van der Waals surface area contributed by atoms with Crippen LogP contribution in [0.1, 0.15) is 6.42 Å². The summed E-state index contributed by atoms with van der Waals surface area (Å²) in [7, 11) is 0. The van der Waals surface area contributed by atoms with E-state index in [0.29, 0.717) is 42.6 Å². The predicted molar refractivity (Wildman–Crippen MR) is 102 cm³/mol. The highest BCUT2D eigenvalue weighted by Gasteiger charge is 2.32. The highest BCUT2D eigenvalue weighted by molar-refractivity contribution is 6.31. The summed E-state index contributed by atoms with van der Waals surface area (Å²) in [4.78, 5) is 26.2. The fraction of sp³-hybridized carbons (Fsp3) is 0.263. The third-order valence-electron chi connectivity index (χ3n) is 4.48. The third-order valence-corrected chi connectivity index (χ3v) is 4.76. The first-order valence-corrected chi connectivity index (χ1v) is 9.10. The Morgan fingerprint density at radius 2 is 1.93 bits per heavy atom. The minimum absolute atomic E-state index is 0.0846. The molecule has 1 fully saturated rings. The fourth-order valence-corrected chi connectivity index (χ4v) is 3.36. The van der Waals surface area contributed by atoms with Gasteiger partial charge in [-0.25, -0.2) is 9.18 Å². The zero-order valence-electron chi connectivity index (χ0n) is 14.7. The highest BCUT2D eigenvalue weighted by atomic mass is 35.5. The average Bonchev–Trinajstić information content (AvgIpc) is 3.04. The van der Waals surface area contributed by atoms with Crippen molar-refractivity contribution in [1.82, 2.24) is 5.32 Å². The van der Waals surface area contributed by atoms with Crippen LogP contribution in [-0.2, 0) is 4.79 Å². The molecule has 2 heterocycles. The van der Waals surface area contributed by atoms with Crippen LogP contribution in [0.5, 0.6) is 11.5 Å². The molecule has 2 aromatic carbocycles. The van der Waals surface area contributed by atoms with Crippen LogP contribution in [0, 0.1) is 5.82 Å². The summed E-state index contributed by atoms with van der Waals surface area (Å²) in [5, 5.41) is 5.24. The van der Waals surface area contributed by atoms with Gasteiger partial charge in [0.05, 0.1) is 11.1 Å². The van der Waals surface area contributed by atoms with Crippen LogP contribution < -0.4 is 25.0 Å². The van der Waals surface area contributed by atoms with E-state index in [1.165, 1.54) is 18.2 Å². The SMILES string of the molecule is O=C(Nc1ccc(F)c(Cl)c1)N[C@@H]1CC(=O)N(c2ccc3c(c2)OCCO3)C1. The largest absolute Gasteiger partial charge is 0.486 e. The van der Waals surface area contributed by atoms with E-state index in [1.54, 1.807) is 23.1 Å². The van der Waals surface area contributed by atoms with Crippen LogP contribution in [0.2, 0.25) is 5.02 Å². The van der Waals surface area contributed by atoms with Crippen molar-refractivity contribution in [2.24, 2.45) is 0 Å². The molecule has 0 bridgehead atoms. The molecule has 0 aliphatic carbocycles. The highest BCUT2D eigenvalue weighted by Crippen LogP contribution is 2.35. The molecule has 1 saturated heterocycles.